The Labute approximate surface area is 298 Å². The average molecular weight is 654 g/mol. The molecule has 51 heavy (non-hydrogen) atoms. The fourth-order valence-electron chi connectivity index (χ4n) is 8.89. The van der Waals surface area contributed by atoms with Gasteiger partial charge in [0, 0.05) is 39.7 Å². The maximum atomic E-state index is 9.52. The van der Waals surface area contributed by atoms with E-state index in [1.165, 1.54) is 60.5 Å². The molecule has 3 aliphatic carbocycles. The summed E-state index contributed by atoms with van der Waals surface area (Å²) in [6.07, 6.45) is 16.6. The highest BCUT2D eigenvalue weighted by molar-refractivity contribution is 6.10. The van der Waals surface area contributed by atoms with Crippen LogP contribution in [0.2, 0.25) is 0 Å². The molecule has 6 aromatic carbocycles. The average Bonchev–Trinajstić information content (AvgIpc) is 3.53. The van der Waals surface area contributed by atoms with Crippen LogP contribution in [0, 0.1) is 17.2 Å². The topological polar surface area (TPSA) is 32.0 Å². The van der Waals surface area contributed by atoms with E-state index < -0.39 is 0 Å². The van der Waals surface area contributed by atoms with Crippen molar-refractivity contribution in [1.82, 2.24) is 4.57 Å². The van der Waals surface area contributed by atoms with Gasteiger partial charge in [0.05, 0.1) is 28.7 Å². The molecule has 0 saturated carbocycles. The van der Waals surface area contributed by atoms with Crippen LogP contribution in [0.25, 0.3) is 50.4 Å². The van der Waals surface area contributed by atoms with Crippen LogP contribution in [-0.2, 0) is 0 Å². The number of allylic oxidation sites excluding steroid dienone is 4. The van der Waals surface area contributed by atoms with E-state index in [-0.39, 0.29) is 17.9 Å². The first-order valence-corrected chi connectivity index (χ1v) is 17.9. The molecule has 0 bridgehead atoms. The largest absolute Gasteiger partial charge is 0.334 e. The van der Waals surface area contributed by atoms with Crippen molar-refractivity contribution in [3.63, 3.8) is 0 Å². The van der Waals surface area contributed by atoms with Crippen molar-refractivity contribution < 1.29 is 0 Å². The summed E-state index contributed by atoms with van der Waals surface area (Å²) in [6, 6.07) is 47.9. The van der Waals surface area contributed by atoms with Gasteiger partial charge in [0.1, 0.15) is 0 Å². The number of anilines is 2. The highest BCUT2D eigenvalue weighted by atomic mass is 15.2. The summed E-state index contributed by atoms with van der Waals surface area (Å²) < 4.78 is 2.44. The molecule has 0 N–H and O–H groups in total. The summed E-state index contributed by atoms with van der Waals surface area (Å²) in [6.45, 7) is 2.35. The van der Waals surface area contributed by atoms with E-state index in [1.807, 2.05) is 12.1 Å². The molecule has 0 amide bonds. The number of benzene rings is 6. The first kappa shape index (κ1) is 29.5. The van der Waals surface area contributed by atoms with Crippen LogP contribution in [0.4, 0.5) is 11.4 Å². The lowest BCUT2D eigenvalue weighted by Crippen LogP contribution is -2.36. The summed E-state index contributed by atoms with van der Waals surface area (Å²) in [5.41, 5.74) is 11.9. The molecule has 1 aromatic heterocycles. The Kier molecular flexibility index (Phi) is 6.73. The first-order valence-electron chi connectivity index (χ1n) is 17.9. The molecule has 7 aromatic rings. The number of nitriles is 1. The minimum Gasteiger partial charge on any atom is -0.334 e. The highest BCUT2D eigenvalue weighted by Crippen LogP contribution is 2.48. The predicted molar refractivity (Wildman–Crippen MR) is 213 cm³/mol. The molecule has 10 rings (SSSR count). The Morgan fingerprint density at radius 2 is 1.25 bits per heavy atom. The van der Waals surface area contributed by atoms with Crippen molar-refractivity contribution in [3.8, 4) is 6.07 Å². The molecule has 0 spiro atoms. The zero-order valence-electron chi connectivity index (χ0n) is 28.3. The van der Waals surface area contributed by atoms with E-state index in [9.17, 15) is 5.26 Å². The van der Waals surface area contributed by atoms with Crippen LogP contribution < -0.4 is 4.90 Å². The molecule has 4 unspecified atom stereocenters. The van der Waals surface area contributed by atoms with Crippen LogP contribution in [0.15, 0.2) is 158 Å². The van der Waals surface area contributed by atoms with E-state index in [0.29, 0.717) is 11.5 Å². The van der Waals surface area contributed by atoms with Gasteiger partial charge in [0.25, 0.3) is 0 Å². The van der Waals surface area contributed by atoms with Gasteiger partial charge in [-0.15, -0.1) is 0 Å². The Hall–Kier alpha value is -6.37. The third kappa shape index (κ3) is 4.57. The molecule has 0 saturated heterocycles. The van der Waals surface area contributed by atoms with Gasteiger partial charge in [0.15, 0.2) is 0 Å². The molecule has 242 valence electrons. The highest BCUT2D eigenvalue weighted by Gasteiger charge is 2.35. The Bertz CT molecular complexity index is 2630. The van der Waals surface area contributed by atoms with Crippen LogP contribution in [0.5, 0.6) is 0 Å². The summed E-state index contributed by atoms with van der Waals surface area (Å²) >= 11 is 0. The van der Waals surface area contributed by atoms with Crippen LogP contribution >= 0.6 is 0 Å². The molecule has 0 fully saturated rings. The molecular formula is C48H35N3. The Morgan fingerprint density at radius 1 is 0.588 bits per heavy atom. The molecule has 0 aliphatic heterocycles. The molecule has 4 atom stereocenters. The minimum absolute atomic E-state index is 0.0600. The third-order valence-electron chi connectivity index (χ3n) is 11.3. The van der Waals surface area contributed by atoms with Crippen molar-refractivity contribution in [3.05, 3.63) is 186 Å². The van der Waals surface area contributed by atoms with Gasteiger partial charge in [-0.3, -0.25) is 0 Å². The number of nitrogens with zero attached hydrogens (tertiary/aromatic N) is 3. The second-order valence-electron chi connectivity index (χ2n) is 14.0. The summed E-state index contributed by atoms with van der Waals surface area (Å²) in [5.74, 6) is 0.717. The van der Waals surface area contributed by atoms with Crippen molar-refractivity contribution >= 4 is 61.8 Å². The van der Waals surface area contributed by atoms with Gasteiger partial charge >= 0.3 is 0 Å². The van der Waals surface area contributed by atoms with E-state index in [2.05, 4.69) is 180 Å². The number of hydrogen-bond donors (Lipinski definition) is 0. The lowest BCUT2D eigenvalue weighted by atomic mass is 9.73. The van der Waals surface area contributed by atoms with Gasteiger partial charge in [-0.2, -0.15) is 5.26 Å². The Morgan fingerprint density at radius 3 is 2.00 bits per heavy atom. The fraction of sp³-hybridized carbons (Fsp3) is 0.104. The van der Waals surface area contributed by atoms with Crippen molar-refractivity contribution in [1.29, 1.82) is 5.26 Å². The molecule has 3 aliphatic rings. The third-order valence-corrected chi connectivity index (χ3v) is 11.3. The maximum Gasteiger partial charge on any atom is 0.0991 e. The zero-order valence-corrected chi connectivity index (χ0v) is 28.3. The summed E-state index contributed by atoms with van der Waals surface area (Å²) in [5, 5.41) is 14.8. The molecule has 1 heterocycles. The molecule has 3 heteroatoms. The van der Waals surface area contributed by atoms with Gasteiger partial charge in [-0.05, 0) is 93.6 Å². The number of fused-ring (bicyclic) bond motifs is 3. The standard InChI is InChI=1S/C48H35N3/c1-31-15-22-37(51-44-13-7-5-11-39(44)40-12-6-8-14-45(40)51)29-43(31)38-25-18-33-20-27-42-46(28-21-34-19-26-41(38)47(33)48(34)42)50(35-9-3-2-4-10-35)36-23-16-32(30-49)17-24-36/h2-29,31,42-43,46H,1H3. The monoisotopic (exact) mass is 653 g/mol. The van der Waals surface area contributed by atoms with Crippen molar-refractivity contribution in [2.45, 2.75) is 24.8 Å². The lowest BCUT2D eigenvalue weighted by molar-refractivity contribution is 0.638. The second kappa shape index (κ2) is 11.6. The van der Waals surface area contributed by atoms with Gasteiger partial charge < -0.3 is 9.47 Å². The molecular weight excluding hydrogens is 619 g/mol. The lowest BCUT2D eigenvalue weighted by Gasteiger charge is -2.40. The minimum atomic E-state index is 0.0600. The Balaban J connectivity index is 1.12. The number of hydrogen-bond acceptors (Lipinski definition) is 2. The van der Waals surface area contributed by atoms with Crippen molar-refractivity contribution in [2.24, 2.45) is 5.92 Å². The summed E-state index contributed by atoms with van der Waals surface area (Å²) in [4.78, 5) is 2.43. The van der Waals surface area contributed by atoms with Gasteiger partial charge in [-0.25, -0.2) is 0 Å². The van der Waals surface area contributed by atoms with Crippen molar-refractivity contribution in [2.75, 3.05) is 4.90 Å². The maximum absolute atomic E-state index is 9.52. The van der Waals surface area contributed by atoms with Crippen LogP contribution in [0.1, 0.15) is 46.6 Å². The zero-order chi connectivity index (χ0) is 34.1. The number of aromatic nitrogens is 1. The van der Waals surface area contributed by atoms with Gasteiger partial charge in [-0.1, -0.05) is 122 Å². The SMILES string of the molecule is CC1C=CC(n2c3ccccc3c3ccccc32)=CC1c1ccc2c3c4c(ccc13)C=CC(N(c1ccccc1)c1ccc(C#N)cc1)C4C=C2. The smallest absolute Gasteiger partial charge is 0.0991 e. The predicted octanol–water partition coefficient (Wildman–Crippen LogP) is 12.0. The fourth-order valence-corrected chi connectivity index (χ4v) is 8.89. The van der Waals surface area contributed by atoms with E-state index in [1.54, 1.807) is 0 Å². The van der Waals surface area contributed by atoms with Crippen LogP contribution in [-0.4, -0.2) is 10.6 Å². The number of para-hydroxylation sites is 3. The molecule has 3 nitrogen and oxygen atoms in total. The molecule has 0 radical (unpaired) electrons. The first-order chi connectivity index (χ1) is 25.2. The van der Waals surface area contributed by atoms with E-state index in [0.717, 1.165) is 11.4 Å². The van der Waals surface area contributed by atoms with Gasteiger partial charge in [0.2, 0.25) is 0 Å². The van der Waals surface area contributed by atoms with Crippen LogP contribution in [0.3, 0.4) is 0 Å². The quantitative estimate of drug-likeness (QED) is 0.185. The second-order valence-corrected chi connectivity index (χ2v) is 14.0. The van der Waals surface area contributed by atoms with E-state index >= 15 is 0 Å². The normalized spacial score (nSPS) is 20.1. The van der Waals surface area contributed by atoms with E-state index in [4.69, 9.17) is 0 Å². The summed E-state index contributed by atoms with van der Waals surface area (Å²) in [7, 11) is 0. The number of rotatable bonds is 5.